The molecule has 5 nitrogen and oxygen atoms in total. The van der Waals surface area contributed by atoms with Gasteiger partial charge in [-0.3, -0.25) is 4.98 Å². The quantitative estimate of drug-likeness (QED) is 0.872. The molecule has 1 amide bonds. The van der Waals surface area contributed by atoms with Crippen molar-refractivity contribution in [3.8, 4) is 0 Å². The number of rotatable bonds is 3. The van der Waals surface area contributed by atoms with Crippen molar-refractivity contribution in [1.82, 2.24) is 10.3 Å². The predicted molar refractivity (Wildman–Crippen MR) is 67.4 cm³/mol. The highest BCUT2D eigenvalue weighted by molar-refractivity contribution is 5.75. The molecule has 0 aliphatic rings. The van der Waals surface area contributed by atoms with Crippen LogP contribution in [0.1, 0.15) is 38.1 Å². The van der Waals surface area contributed by atoms with Crippen molar-refractivity contribution >= 4 is 12.4 Å². The fraction of sp³-hybridized carbons (Fsp3) is 0.462. The lowest BCUT2D eigenvalue weighted by molar-refractivity contribution is -0.142. The molecule has 1 heterocycles. The van der Waals surface area contributed by atoms with Gasteiger partial charge in [0.1, 0.15) is 23.6 Å². The van der Waals surface area contributed by atoms with Crippen molar-refractivity contribution in [2.45, 2.75) is 38.6 Å². The predicted octanol–water partition coefficient (Wildman–Crippen LogP) is 2.87. The molecule has 1 atom stereocenters. The van der Waals surface area contributed by atoms with Crippen molar-refractivity contribution in [2.75, 3.05) is 0 Å². The van der Waals surface area contributed by atoms with E-state index in [4.69, 9.17) is 4.74 Å². The molecule has 0 spiro atoms. The zero-order chi connectivity index (χ0) is 16.3. The highest BCUT2D eigenvalue weighted by atomic mass is 19.4. The number of pyridine rings is 1. The number of amides is 1. The Labute approximate surface area is 119 Å². The maximum absolute atomic E-state index is 12.8. The molecule has 1 N–H and O–H groups in total. The lowest BCUT2D eigenvalue weighted by atomic mass is 10.1. The van der Waals surface area contributed by atoms with Crippen molar-refractivity contribution in [1.29, 1.82) is 0 Å². The normalized spacial score (nSPS) is 13.4. The zero-order valence-electron chi connectivity index (χ0n) is 11.7. The van der Waals surface area contributed by atoms with Crippen molar-refractivity contribution < 1.29 is 27.5 Å². The third kappa shape index (κ3) is 5.05. The van der Waals surface area contributed by atoms with Crippen LogP contribution in [0.15, 0.2) is 18.3 Å². The Bertz CT molecular complexity index is 524. The van der Waals surface area contributed by atoms with Gasteiger partial charge >= 0.3 is 12.3 Å². The molecule has 8 heteroatoms. The van der Waals surface area contributed by atoms with Gasteiger partial charge in [0, 0.05) is 11.8 Å². The van der Waals surface area contributed by atoms with Gasteiger partial charge in [-0.05, 0) is 26.8 Å². The van der Waals surface area contributed by atoms with Crippen molar-refractivity contribution in [3.05, 3.63) is 29.6 Å². The van der Waals surface area contributed by atoms with E-state index in [1.165, 1.54) is 6.07 Å². The molecule has 0 radical (unpaired) electrons. The van der Waals surface area contributed by atoms with Crippen LogP contribution in [-0.4, -0.2) is 23.0 Å². The van der Waals surface area contributed by atoms with E-state index >= 15 is 0 Å². The number of hydrogen-bond donors (Lipinski definition) is 1. The molecule has 1 aromatic rings. The topological polar surface area (TPSA) is 68.3 Å². The van der Waals surface area contributed by atoms with Crippen LogP contribution < -0.4 is 5.32 Å². The summed E-state index contributed by atoms with van der Waals surface area (Å²) in [4.78, 5) is 25.8. The Hall–Kier alpha value is -2.12. The minimum absolute atomic E-state index is 0.191. The first-order valence-corrected chi connectivity index (χ1v) is 6.01. The van der Waals surface area contributed by atoms with Gasteiger partial charge in [-0.15, -0.1) is 0 Å². The summed E-state index contributed by atoms with van der Waals surface area (Å²) in [6.07, 6.45) is -4.57. The van der Waals surface area contributed by atoms with Crippen LogP contribution >= 0.6 is 0 Å². The number of carbonyl (C=O) groups is 2. The smallest absolute Gasteiger partial charge is 0.433 e. The molecule has 1 unspecified atom stereocenters. The van der Waals surface area contributed by atoms with Crippen LogP contribution in [0.25, 0.3) is 0 Å². The first-order valence-electron chi connectivity index (χ1n) is 6.01. The largest absolute Gasteiger partial charge is 0.444 e. The van der Waals surface area contributed by atoms with Gasteiger partial charge in [-0.25, -0.2) is 4.79 Å². The molecule has 0 aliphatic carbocycles. The number of hydrogen-bond acceptors (Lipinski definition) is 4. The van der Waals surface area contributed by atoms with Gasteiger partial charge in [-0.2, -0.15) is 13.2 Å². The van der Waals surface area contributed by atoms with Gasteiger partial charge in [0.15, 0.2) is 0 Å². The minimum Gasteiger partial charge on any atom is -0.444 e. The average molecular weight is 304 g/mol. The second-order valence-electron chi connectivity index (χ2n) is 5.20. The third-order valence-electron chi connectivity index (χ3n) is 2.25. The van der Waals surface area contributed by atoms with Crippen molar-refractivity contribution in [2.24, 2.45) is 0 Å². The third-order valence-corrected chi connectivity index (χ3v) is 2.25. The summed E-state index contributed by atoms with van der Waals surface area (Å²) in [5, 5.41) is 2.08. The van der Waals surface area contributed by atoms with E-state index in [9.17, 15) is 22.8 Å². The highest BCUT2D eigenvalue weighted by Crippen LogP contribution is 2.32. The highest BCUT2D eigenvalue weighted by Gasteiger charge is 2.37. The Balaban J connectivity index is 3.02. The van der Waals surface area contributed by atoms with E-state index in [-0.39, 0.29) is 6.29 Å². The summed E-state index contributed by atoms with van der Waals surface area (Å²) in [6, 6.07) is 0.828. The fourth-order valence-electron chi connectivity index (χ4n) is 1.53. The first kappa shape index (κ1) is 16.9. The lowest BCUT2D eigenvalue weighted by Crippen LogP contribution is -2.36. The lowest BCUT2D eigenvalue weighted by Gasteiger charge is -2.22. The maximum Gasteiger partial charge on any atom is 0.433 e. The molecule has 0 saturated heterocycles. The molecule has 0 fully saturated rings. The number of ether oxygens (including phenoxy) is 1. The van der Waals surface area contributed by atoms with Gasteiger partial charge in [-0.1, -0.05) is 6.07 Å². The Morgan fingerprint density at radius 2 is 2.00 bits per heavy atom. The molecule has 0 aliphatic heterocycles. The minimum atomic E-state index is -4.73. The van der Waals surface area contributed by atoms with Crippen LogP contribution in [0.3, 0.4) is 0 Å². The summed E-state index contributed by atoms with van der Waals surface area (Å²) in [7, 11) is 0. The summed E-state index contributed by atoms with van der Waals surface area (Å²) in [6.45, 7) is 4.77. The number of aromatic nitrogens is 1. The molecule has 1 aromatic heterocycles. The Morgan fingerprint density at radius 3 is 2.48 bits per heavy atom. The number of halogens is 3. The molecular formula is C13H15F3N2O3. The van der Waals surface area contributed by atoms with Gasteiger partial charge < -0.3 is 14.8 Å². The summed E-state index contributed by atoms with van der Waals surface area (Å²) in [5.41, 5.74) is -2.50. The van der Waals surface area contributed by atoms with Crippen LogP contribution in [-0.2, 0) is 15.7 Å². The maximum atomic E-state index is 12.8. The van der Waals surface area contributed by atoms with Gasteiger partial charge in [0.2, 0.25) is 0 Å². The number of aldehydes is 1. The van der Waals surface area contributed by atoms with E-state index in [2.05, 4.69) is 10.3 Å². The molecule has 0 bridgehead atoms. The Kier molecular flexibility index (Phi) is 4.93. The van der Waals surface area contributed by atoms with E-state index in [1.807, 2.05) is 0 Å². The molecule has 116 valence electrons. The van der Waals surface area contributed by atoms with Crippen LogP contribution in [0.5, 0.6) is 0 Å². The summed E-state index contributed by atoms with van der Waals surface area (Å²) >= 11 is 0. The average Bonchev–Trinajstić information content (AvgIpc) is 2.32. The van der Waals surface area contributed by atoms with Crippen LogP contribution in [0.4, 0.5) is 18.0 Å². The number of carbonyl (C=O) groups excluding carboxylic acids is 2. The van der Waals surface area contributed by atoms with E-state index in [0.717, 1.165) is 12.3 Å². The van der Waals surface area contributed by atoms with Gasteiger partial charge in [0.05, 0.1) is 0 Å². The Morgan fingerprint density at radius 1 is 1.38 bits per heavy atom. The standard InChI is InChI=1S/C13H15F3N2O3/c1-12(2,3)21-11(20)18-9(7-19)8-5-4-6-17-10(8)13(14,15)16/h4-7,9H,1-3H3,(H,18,20). The fourth-order valence-corrected chi connectivity index (χ4v) is 1.53. The second-order valence-corrected chi connectivity index (χ2v) is 5.20. The van der Waals surface area contributed by atoms with Crippen molar-refractivity contribution in [3.63, 3.8) is 0 Å². The molecule has 0 aromatic carbocycles. The molecular weight excluding hydrogens is 289 g/mol. The van der Waals surface area contributed by atoms with Crippen LogP contribution in [0, 0.1) is 0 Å². The van der Waals surface area contributed by atoms with Gasteiger partial charge in [0.25, 0.3) is 0 Å². The number of alkyl halides is 3. The number of alkyl carbamates (subject to hydrolysis) is 1. The monoisotopic (exact) mass is 304 g/mol. The molecule has 21 heavy (non-hydrogen) atoms. The molecule has 0 saturated carbocycles. The number of nitrogens with one attached hydrogen (secondary N) is 1. The molecule has 1 rings (SSSR count). The number of nitrogens with zero attached hydrogens (tertiary/aromatic N) is 1. The SMILES string of the molecule is CC(C)(C)OC(=O)NC(C=O)c1cccnc1C(F)(F)F. The van der Waals surface area contributed by atoms with Crippen LogP contribution in [0.2, 0.25) is 0 Å². The van der Waals surface area contributed by atoms with E-state index < -0.39 is 35.2 Å². The van der Waals surface area contributed by atoms with E-state index in [0.29, 0.717) is 0 Å². The summed E-state index contributed by atoms with van der Waals surface area (Å²) < 4.78 is 43.4. The van der Waals surface area contributed by atoms with E-state index in [1.54, 1.807) is 20.8 Å². The first-order chi connectivity index (χ1) is 9.54. The zero-order valence-corrected chi connectivity index (χ0v) is 11.7. The summed E-state index contributed by atoms with van der Waals surface area (Å²) in [5.74, 6) is 0. The second kappa shape index (κ2) is 6.11.